The molecule has 5 aromatic carbocycles. The molecule has 76 heavy (non-hydrogen) atoms. The van der Waals surface area contributed by atoms with E-state index in [1.54, 1.807) is 35.6 Å². The third-order valence-corrected chi connectivity index (χ3v) is 13.8. The lowest BCUT2D eigenvalue weighted by atomic mass is 9.85. The van der Waals surface area contributed by atoms with Crippen molar-refractivity contribution < 1.29 is 47.6 Å². The Morgan fingerprint density at radius 1 is 0.816 bits per heavy atom. The van der Waals surface area contributed by atoms with Gasteiger partial charge in [0.05, 0.1) is 65.8 Å². The van der Waals surface area contributed by atoms with Gasteiger partial charge < -0.3 is 49.6 Å². The number of fused-ring (bicyclic) bond motifs is 1. The number of β-amino-alcohol motifs (C(OH)–C–C–N with tert-alkyl or cyclic N) is 1. The molecule has 8 rings (SSSR count). The maximum absolute atomic E-state index is 14.0. The molecule has 398 valence electrons. The molecule has 4 N–H and O–H groups in total. The van der Waals surface area contributed by atoms with Crippen molar-refractivity contribution in [3.8, 4) is 33.1 Å². The Balaban J connectivity index is 0.705. The summed E-state index contributed by atoms with van der Waals surface area (Å²) in [5, 5.41) is 20.8. The molecule has 0 saturated carbocycles. The van der Waals surface area contributed by atoms with Crippen LogP contribution in [0.2, 0.25) is 5.02 Å². The van der Waals surface area contributed by atoms with Crippen molar-refractivity contribution in [1.82, 2.24) is 30.5 Å². The fraction of sp³-hybridized carbons (Fsp3) is 0.333. The first-order valence-electron chi connectivity index (χ1n) is 24.9. The molecular weight excluding hydrogens is 1010 g/mol. The number of carbonyl (C=O) groups is 3. The van der Waals surface area contributed by atoms with E-state index in [-0.39, 0.29) is 57.7 Å². The molecule has 0 aliphatic carbocycles. The first-order chi connectivity index (χ1) is 36.7. The Hall–Kier alpha value is -7.06. The number of hydrogen-bond acceptors (Lipinski definition) is 14. The number of ether oxygens (including phenoxy) is 5. The van der Waals surface area contributed by atoms with Gasteiger partial charge in [-0.2, -0.15) is 0 Å². The number of carbonyl (C=O) groups excluding carboxylic acids is 3. The second kappa shape index (κ2) is 26.1. The number of thiazole rings is 1. The zero-order chi connectivity index (χ0) is 53.6. The molecule has 3 atom stereocenters. The molecule has 0 radical (unpaired) electrons. The number of aliphatic hydroxyl groups excluding tert-OH is 1. The molecule has 0 bridgehead atoms. The van der Waals surface area contributed by atoms with Gasteiger partial charge in [0.15, 0.2) is 0 Å². The van der Waals surface area contributed by atoms with Crippen molar-refractivity contribution >= 4 is 63.1 Å². The molecule has 19 heteroatoms. The maximum atomic E-state index is 14.0. The number of benzene rings is 5. The van der Waals surface area contributed by atoms with Gasteiger partial charge in [-0.1, -0.05) is 87.0 Å². The number of amides is 3. The van der Waals surface area contributed by atoms with Crippen molar-refractivity contribution in [2.75, 3.05) is 58.1 Å². The number of aromatic nitrogens is 3. The standard InChI is InChI=1S/C57H61ClFN7O9S/c1-36-52(76-35-63-36)40-10-8-37(9-11-40)30-60-55(69)49-29-44(67)31-66(49)56(70)53(57(2,3)4)65-51(68)33-73-23-22-71-20-21-72-24-25-74-45-16-12-39(13-17-45)41-14-18-48-46(27-41)54(62-34-61-48)64-43-15-19-50(47(58)28-43)75-32-38-6-5-7-42(59)26-38/h5-19,26-28,34-35,44,49,53,67H,20-25,29-33H2,1-4H3,(H,60,69)(H,65,68)(H,61,62,64)/t44-,49-,53?/m0/s1. The van der Waals surface area contributed by atoms with Crippen LogP contribution in [0.4, 0.5) is 15.9 Å². The van der Waals surface area contributed by atoms with E-state index in [0.717, 1.165) is 43.7 Å². The minimum Gasteiger partial charge on any atom is -0.491 e. The minimum absolute atomic E-state index is 0.0243. The van der Waals surface area contributed by atoms with Crippen molar-refractivity contribution in [1.29, 1.82) is 0 Å². The highest BCUT2D eigenvalue weighted by molar-refractivity contribution is 7.13. The molecule has 3 heterocycles. The van der Waals surface area contributed by atoms with Crippen LogP contribution in [-0.4, -0.2) is 114 Å². The SMILES string of the molecule is Cc1ncsc1-c1ccc(CNC(=O)[C@@H]2C[C@H](O)CN2C(=O)C(NC(=O)COCCOCCOCCOc2ccc(-c3ccc4ncnc(Nc5ccc(OCc6cccc(F)c6)c(Cl)c5)c4c3)cc2)C(C)(C)C)cc1. The van der Waals surface area contributed by atoms with Crippen molar-refractivity contribution in [2.24, 2.45) is 5.41 Å². The number of hydrogen-bond donors (Lipinski definition) is 4. The van der Waals surface area contributed by atoms with E-state index in [9.17, 15) is 23.9 Å². The Bertz CT molecular complexity index is 3090. The maximum Gasteiger partial charge on any atom is 0.246 e. The van der Waals surface area contributed by atoms with Crippen LogP contribution in [0.1, 0.15) is 44.0 Å². The van der Waals surface area contributed by atoms with E-state index in [2.05, 4.69) is 30.9 Å². The molecule has 1 unspecified atom stereocenters. The fourth-order valence-electron chi connectivity index (χ4n) is 8.51. The highest BCUT2D eigenvalue weighted by Gasteiger charge is 2.44. The molecule has 0 spiro atoms. The smallest absolute Gasteiger partial charge is 0.246 e. The number of halogens is 2. The third-order valence-electron chi connectivity index (χ3n) is 12.5. The highest BCUT2D eigenvalue weighted by atomic mass is 35.5. The van der Waals surface area contributed by atoms with E-state index in [0.29, 0.717) is 60.0 Å². The molecule has 1 aliphatic heterocycles. The van der Waals surface area contributed by atoms with Crippen LogP contribution >= 0.6 is 22.9 Å². The first kappa shape index (κ1) is 55.2. The van der Waals surface area contributed by atoms with Gasteiger partial charge in [-0.15, -0.1) is 11.3 Å². The summed E-state index contributed by atoms with van der Waals surface area (Å²) in [4.78, 5) is 56.2. The van der Waals surface area contributed by atoms with Gasteiger partial charge in [0.25, 0.3) is 0 Å². The molecule has 1 fully saturated rings. The summed E-state index contributed by atoms with van der Waals surface area (Å²) in [6, 6.07) is 31.3. The fourth-order valence-corrected chi connectivity index (χ4v) is 9.55. The quantitative estimate of drug-likeness (QED) is 0.0419. The number of nitrogens with one attached hydrogen (secondary N) is 3. The lowest BCUT2D eigenvalue weighted by Crippen LogP contribution is -2.58. The van der Waals surface area contributed by atoms with Crippen molar-refractivity contribution in [2.45, 2.75) is 65.5 Å². The molecule has 3 amide bonds. The molecule has 7 aromatic rings. The van der Waals surface area contributed by atoms with Gasteiger partial charge in [-0.25, -0.2) is 19.3 Å². The monoisotopic (exact) mass is 1070 g/mol. The predicted molar refractivity (Wildman–Crippen MR) is 290 cm³/mol. The molecule has 1 aliphatic rings. The highest BCUT2D eigenvalue weighted by Crippen LogP contribution is 2.34. The van der Waals surface area contributed by atoms with Gasteiger partial charge in [0.2, 0.25) is 17.7 Å². The summed E-state index contributed by atoms with van der Waals surface area (Å²) in [7, 11) is 0. The summed E-state index contributed by atoms with van der Waals surface area (Å²) < 4.78 is 42.2. The Labute approximate surface area is 449 Å². The van der Waals surface area contributed by atoms with Gasteiger partial charge in [-0.05, 0) is 94.8 Å². The number of likely N-dealkylation sites (tertiary alicyclic amines) is 1. The lowest BCUT2D eigenvalue weighted by Gasteiger charge is -2.35. The van der Waals surface area contributed by atoms with E-state index < -0.39 is 35.4 Å². The van der Waals surface area contributed by atoms with Crippen LogP contribution in [0.15, 0.2) is 121 Å². The number of aryl methyl sites for hydroxylation is 1. The van der Waals surface area contributed by atoms with Crippen LogP contribution in [0.25, 0.3) is 32.5 Å². The Kier molecular flexibility index (Phi) is 19.0. The second-order valence-corrected chi connectivity index (χ2v) is 20.5. The Morgan fingerprint density at radius 2 is 1.54 bits per heavy atom. The van der Waals surface area contributed by atoms with Gasteiger partial charge >= 0.3 is 0 Å². The molecule has 16 nitrogen and oxygen atoms in total. The van der Waals surface area contributed by atoms with Gasteiger partial charge in [0.1, 0.15) is 61.4 Å². The summed E-state index contributed by atoms with van der Waals surface area (Å²) in [5.74, 6) is 0.116. The molecule has 1 saturated heterocycles. The van der Waals surface area contributed by atoms with E-state index in [4.69, 9.17) is 35.3 Å². The third kappa shape index (κ3) is 15.1. The zero-order valence-corrected chi connectivity index (χ0v) is 44.3. The summed E-state index contributed by atoms with van der Waals surface area (Å²) in [6.07, 6.45) is 0.710. The van der Waals surface area contributed by atoms with Gasteiger partial charge in [-0.3, -0.25) is 14.4 Å². The number of rotatable bonds is 24. The largest absolute Gasteiger partial charge is 0.491 e. The summed E-state index contributed by atoms with van der Waals surface area (Å²) in [6.45, 7) is 9.22. The summed E-state index contributed by atoms with van der Waals surface area (Å²) >= 11 is 8.13. The van der Waals surface area contributed by atoms with Crippen molar-refractivity contribution in [3.05, 3.63) is 149 Å². The summed E-state index contributed by atoms with van der Waals surface area (Å²) in [5.41, 5.74) is 8.09. The molecule has 2 aromatic heterocycles. The Morgan fingerprint density at radius 3 is 2.25 bits per heavy atom. The average molecular weight is 1070 g/mol. The normalized spacial score (nSPS) is 14.9. The van der Waals surface area contributed by atoms with Crippen LogP contribution < -0.4 is 25.4 Å². The van der Waals surface area contributed by atoms with Crippen LogP contribution in [0, 0.1) is 18.2 Å². The van der Waals surface area contributed by atoms with Crippen LogP contribution in [0.5, 0.6) is 11.5 Å². The van der Waals surface area contributed by atoms with Crippen LogP contribution in [0.3, 0.4) is 0 Å². The zero-order valence-electron chi connectivity index (χ0n) is 42.7. The number of nitrogens with zero attached hydrogens (tertiary/aromatic N) is 4. The van der Waals surface area contributed by atoms with E-state index in [1.165, 1.54) is 23.4 Å². The van der Waals surface area contributed by atoms with E-state index in [1.807, 2.05) is 106 Å². The lowest BCUT2D eigenvalue weighted by molar-refractivity contribution is -0.144. The minimum atomic E-state index is -0.976. The first-order valence-corrected chi connectivity index (χ1v) is 26.1. The second-order valence-electron chi connectivity index (χ2n) is 19.2. The van der Waals surface area contributed by atoms with Crippen LogP contribution in [-0.2, 0) is 41.7 Å². The topological polar surface area (TPSA) is 196 Å². The number of aliphatic hydroxyl groups is 1. The predicted octanol–water partition coefficient (Wildman–Crippen LogP) is 9.08. The molecular formula is C57H61ClFN7O9S. The van der Waals surface area contributed by atoms with E-state index >= 15 is 0 Å². The number of anilines is 2. The average Bonchev–Trinajstić information content (AvgIpc) is 4.03. The van der Waals surface area contributed by atoms with Crippen molar-refractivity contribution in [3.63, 3.8) is 0 Å². The van der Waals surface area contributed by atoms with Gasteiger partial charge in [0, 0.05) is 30.6 Å².